The third-order valence-corrected chi connectivity index (χ3v) is 3.74. The number of carbonyl (C=O) groups is 1. The molecule has 1 saturated carbocycles. The van der Waals surface area contributed by atoms with Crippen LogP contribution in [0.2, 0.25) is 0 Å². The standard InChI is InChI=1S/C12H22N2O2/c1-16-11-4-2-3-10(11)14-12(15)7-9-5-6-13-8-9/h9-11,13H,2-8H2,1H3,(H,14,15). The van der Waals surface area contributed by atoms with Gasteiger partial charge in [-0.2, -0.15) is 0 Å². The maximum absolute atomic E-state index is 11.8. The molecule has 3 atom stereocenters. The molecule has 92 valence electrons. The van der Waals surface area contributed by atoms with Crippen LogP contribution in [0.5, 0.6) is 0 Å². The quantitative estimate of drug-likeness (QED) is 0.741. The number of rotatable bonds is 4. The fraction of sp³-hybridized carbons (Fsp3) is 0.917. The number of hydrogen-bond donors (Lipinski definition) is 2. The molecule has 0 bridgehead atoms. The second-order valence-corrected chi connectivity index (χ2v) is 4.94. The van der Waals surface area contributed by atoms with E-state index in [9.17, 15) is 4.79 Å². The maximum atomic E-state index is 11.8. The topological polar surface area (TPSA) is 50.4 Å². The summed E-state index contributed by atoms with van der Waals surface area (Å²) in [4.78, 5) is 11.8. The first-order valence-corrected chi connectivity index (χ1v) is 6.32. The van der Waals surface area contributed by atoms with E-state index >= 15 is 0 Å². The summed E-state index contributed by atoms with van der Waals surface area (Å²) in [5.41, 5.74) is 0. The van der Waals surface area contributed by atoms with E-state index in [1.54, 1.807) is 7.11 Å². The zero-order chi connectivity index (χ0) is 11.4. The van der Waals surface area contributed by atoms with E-state index < -0.39 is 0 Å². The van der Waals surface area contributed by atoms with Gasteiger partial charge in [0.1, 0.15) is 0 Å². The molecule has 1 heterocycles. The van der Waals surface area contributed by atoms with Crippen LogP contribution in [0.3, 0.4) is 0 Å². The SMILES string of the molecule is COC1CCCC1NC(=O)CC1CCNC1. The Hall–Kier alpha value is -0.610. The molecular weight excluding hydrogens is 204 g/mol. The second-order valence-electron chi connectivity index (χ2n) is 4.94. The van der Waals surface area contributed by atoms with Gasteiger partial charge in [-0.15, -0.1) is 0 Å². The van der Waals surface area contributed by atoms with E-state index in [1.165, 1.54) is 0 Å². The normalized spacial score (nSPS) is 34.2. The van der Waals surface area contributed by atoms with Crippen LogP contribution in [0.15, 0.2) is 0 Å². The van der Waals surface area contributed by atoms with Gasteiger partial charge in [0.2, 0.25) is 5.91 Å². The lowest BCUT2D eigenvalue weighted by Gasteiger charge is -2.20. The molecule has 4 nitrogen and oxygen atoms in total. The van der Waals surface area contributed by atoms with Gasteiger partial charge in [0.25, 0.3) is 0 Å². The molecule has 2 aliphatic rings. The molecule has 0 aromatic carbocycles. The predicted octanol–water partition coefficient (Wildman–Crippen LogP) is 0.670. The highest BCUT2D eigenvalue weighted by Crippen LogP contribution is 2.22. The minimum atomic E-state index is 0.197. The Kier molecular flexibility index (Phi) is 4.18. The van der Waals surface area contributed by atoms with Crippen molar-refractivity contribution in [2.45, 2.75) is 44.2 Å². The average Bonchev–Trinajstić information content (AvgIpc) is 2.88. The zero-order valence-electron chi connectivity index (χ0n) is 10.00. The van der Waals surface area contributed by atoms with Gasteiger partial charge in [-0.1, -0.05) is 0 Å². The molecule has 4 heteroatoms. The number of carbonyl (C=O) groups excluding carboxylic acids is 1. The van der Waals surface area contributed by atoms with Crippen molar-refractivity contribution >= 4 is 5.91 Å². The van der Waals surface area contributed by atoms with Crippen LogP contribution in [0, 0.1) is 5.92 Å². The van der Waals surface area contributed by atoms with Crippen molar-refractivity contribution in [2.75, 3.05) is 20.2 Å². The third-order valence-electron chi connectivity index (χ3n) is 3.74. The smallest absolute Gasteiger partial charge is 0.220 e. The minimum absolute atomic E-state index is 0.197. The molecule has 1 aliphatic heterocycles. The Morgan fingerprint density at radius 3 is 3.00 bits per heavy atom. The maximum Gasteiger partial charge on any atom is 0.220 e. The van der Waals surface area contributed by atoms with E-state index in [4.69, 9.17) is 4.74 Å². The number of methoxy groups -OCH3 is 1. The molecule has 16 heavy (non-hydrogen) atoms. The van der Waals surface area contributed by atoms with E-state index in [0.717, 1.165) is 38.8 Å². The van der Waals surface area contributed by atoms with Crippen molar-refractivity contribution in [3.8, 4) is 0 Å². The van der Waals surface area contributed by atoms with Crippen LogP contribution in [0.1, 0.15) is 32.1 Å². The summed E-state index contributed by atoms with van der Waals surface area (Å²) in [6.45, 7) is 2.05. The fourth-order valence-electron chi connectivity index (χ4n) is 2.79. The highest BCUT2D eigenvalue weighted by Gasteiger charge is 2.29. The van der Waals surface area contributed by atoms with Gasteiger partial charge in [0.05, 0.1) is 12.1 Å². The van der Waals surface area contributed by atoms with Gasteiger partial charge in [-0.25, -0.2) is 0 Å². The summed E-state index contributed by atoms with van der Waals surface area (Å²) >= 11 is 0. The van der Waals surface area contributed by atoms with Gasteiger partial charge in [0.15, 0.2) is 0 Å². The van der Waals surface area contributed by atoms with Gasteiger partial charge < -0.3 is 15.4 Å². The summed E-state index contributed by atoms with van der Waals surface area (Å²) in [6, 6.07) is 0.242. The lowest BCUT2D eigenvalue weighted by Crippen LogP contribution is -2.41. The Balaban J connectivity index is 1.73. The average molecular weight is 226 g/mol. The Morgan fingerprint density at radius 1 is 1.44 bits per heavy atom. The van der Waals surface area contributed by atoms with Gasteiger partial charge in [-0.3, -0.25) is 4.79 Å². The lowest BCUT2D eigenvalue weighted by atomic mass is 10.0. The third kappa shape index (κ3) is 2.95. The van der Waals surface area contributed by atoms with Crippen LogP contribution in [-0.4, -0.2) is 38.3 Å². The van der Waals surface area contributed by atoms with Crippen LogP contribution < -0.4 is 10.6 Å². The fourth-order valence-corrected chi connectivity index (χ4v) is 2.79. The molecule has 2 N–H and O–H groups in total. The highest BCUT2D eigenvalue weighted by molar-refractivity contribution is 5.76. The number of amides is 1. The highest BCUT2D eigenvalue weighted by atomic mass is 16.5. The van der Waals surface area contributed by atoms with Crippen LogP contribution in [-0.2, 0) is 9.53 Å². The lowest BCUT2D eigenvalue weighted by molar-refractivity contribution is -0.123. The van der Waals surface area contributed by atoms with Gasteiger partial charge >= 0.3 is 0 Å². The van der Waals surface area contributed by atoms with E-state index in [1.807, 2.05) is 0 Å². The summed E-state index contributed by atoms with van der Waals surface area (Å²) in [6.07, 6.45) is 5.32. The zero-order valence-corrected chi connectivity index (χ0v) is 10.00. The summed E-state index contributed by atoms with van der Waals surface area (Å²) in [5.74, 6) is 0.727. The molecule has 1 amide bonds. The van der Waals surface area contributed by atoms with Crippen molar-refractivity contribution < 1.29 is 9.53 Å². The van der Waals surface area contributed by atoms with Crippen LogP contribution in [0.25, 0.3) is 0 Å². The Labute approximate surface area is 97.1 Å². The first kappa shape index (κ1) is 11.9. The van der Waals surface area contributed by atoms with Crippen LogP contribution >= 0.6 is 0 Å². The summed E-state index contributed by atoms with van der Waals surface area (Å²) < 4.78 is 5.37. The molecule has 0 aromatic rings. The molecular formula is C12H22N2O2. The molecule has 0 aromatic heterocycles. The molecule has 2 fully saturated rings. The Morgan fingerprint density at radius 2 is 2.31 bits per heavy atom. The molecule has 1 aliphatic carbocycles. The van der Waals surface area contributed by atoms with Gasteiger partial charge in [-0.05, 0) is 44.7 Å². The summed E-state index contributed by atoms with van der Waals surface area (Å²) in [7, 11) is 1.73. The monoisotopic (exact) mass is 226 g/mol. The second kappa shape index (κ2) is 5.64. The minimum Gasteiger partial charge on any atom is -0.379 e. The molecule has 0 spiro atoms. The largest absolute Gasteiger partial charge is 0.379 e. The predicted molar refractivity (Wildman–Crippen MR) is 62.2 cm³/mol. The van der Waals surface area contributed by atoms with Crippen molar-refractivity contribution in [3.05, 3.63) is 0 Å². The number of hydrogen-bond acceptors (Lipinski definition) is 3. The first-order valence-electron chi connectivity index (χ1n) is 6.32. The van der Waals surface area contributed by atoms with Crippen molar-refractivity contribution in [3.63, 3.8) is 0 Å². The molecule has 1 saturated heterocycles. The first-order chi connectivity index (χ1) is 7.79. The molecule has 3 unspecified atom stereocenters. The van der Waals surface area contributed by atoms with Crippen molar-refractivity contribution in [1.29, 1.82) is 0 Å². The van der Waals surface area contributed by atoms with E-state index in [2.05, 4.69) is 10.6 Å². The van der Waals surface area contributed by atoms with Gasteiger partial charge in [0, 0.05) is 13.5 Å². The number of ether oxygens (including phenoxy) is 1. The van der Waals surface area contributed by atoms with E-state index in [0.29, 0.717) is 12.3 Å². The molecule has 0 radical (unpaired) electrons. The molecule has 2 rings (SSSR count). The number of nitrogens with one attached hydrogen (secondary N) is 2. The Bertz CT molecular complexity index is 239. The summed E-state index contributed by atoms with van der Waals surface area (Å²) in [5, 5.41) is 6.40. The van der Waals surface area contributed by atoms with Crippen molar-refractivity contribution in [1.82, 2.24) is 10.6 Å². The van der Waals surface area contributed by atoms with E-state index in [-0.39, 0.29) is 18.1 Å². The van der Waals surface area contributed by atoms with Crippen molar-refractivity contribution in [2.24, 2.45) is 5.92 Å². The van der Waals surface area contributed by atoms with Crippen LogP contribution in [0.4, 0.5) is 0 Å².